The van der Waals surface area contributed by atoms with Gasteiger partial charge in [-0.3, -0.25) is 9.59 Å². The van der Waals surface area contributed by atoms with E-state index in [9.17, 15) is 14.4 Å². The lowest BCUT2D eigenvalue weighted by Crippen LogP contribution is -2.55. The van der Waals surface area contributed by atoms with Gasteiger partial charge in [0.25, 0.3) is 5.91 Å². The van der Waals surface area contributed by atoms with Gasteiger partial charge in [-0.1, -0.05) is 22.8 Å². The minimum Gasteiger partial charge on any atom is -0.454 e. The van der Waals surface area contributed by atoms with E-state index in [1.54, 1.807) is 61.4 Å². The van der Waals surface area contributed by atoms with Crippen LogP contribution in [0.15, 0.2) is 78.1 Å². The Hall–Kier alpha value is -4.57. The van der Waals surface area contributed by atoms with Crippen molar-refractivity contribution in [3.63, 3.8) is 0 Å². The number of hydrogen-bond donors (Lipinski definition) is 2. The second-order valence-electron chi connectivity index (χ2n) is 8.98. The number of hydrogen-bond acceptors (Lipinski definition) is 6. The Labute approximate surface area is 212 Å². The molecule has 37 heavy (non-hydrogen) atoms. The van der Waals surface area contributed by atoms with Gasteiger partial charge in [0.1, 0.15) is 11.6 Å². The molecule has 1 saturated carbocycles. The monoisotopic (exact) mass is 502 g/mol. The number of para-hydroxylation sites is 1. The first-order valence-corrected chi connectivity index (χ1v) is 11.7. The van der Waals surface area contributed by atoms with Crippen LogP contribution in [-0.2, 0) is 14.4 Å². The molecule has 1 atom stereocenters. The lowest BCUT2D eigenvalue weighted by molar-refractivity contribution is -0.130. The molecule has 3 N–H and O–H groups in total. The second kappa shape index (κ2) is 9.14. The average Bonchev–Trinajstić information content (AvgIpc) is 3.70. The molecule has 0 radical (unpaired) electrons. The summed E-state index contributed by atoms with van der Waals surface area (Å²) in [5.74, 6) is -1.76. The number of nitrogens with two attached hydrogens (primary N) is 1. The van der Waals surface area contributed by atoms with E-state index in [2.05, 4.69) is 10.3 Å². The molecule has 1 unspecified atom stereocenters. The van der Waals surface area contributed by atoms with Gasteiger partial charge in [-0.2, -0.15) is 0 Å². The maximum Gasteiger partial charge on any atom is 0.388 e. The molecule has 1 aliphatic heterocycles. The van der Waals surface area contributed by atoms with E-state index in [1.807, 2.05) is 0 Å². The van der Waals surface area contributed by atoms with Gasteiger partial charge in [-0.15, -0.1) is 0 Å². The molecular formula is C27H25FN5O4+. The molecule has 3 amide bonds. The molecule has 1 aromatic heterocycles. The number of anilines is 1. The topological polar surface area (TPSA) is 115 Å². The van der Waals surface area contributed by atoms with E-state index in [-0.39, 0.29) is 34.6 Å². The zero-order valence-electron chi connectivity index (χ0n) is 20.3. The summed E-state index contributed by atoms with van der Waals surface area (Å²) in [4.78, 5) is 42.0. The number of halogens is 1. The second-order valence-corrected chi connectivity index (χ2v) is 8.98. The molecule has 1 fully saturated rings. The maximum atomic E-state index is 15.5. The van der Waals surface area contributed by atoms with E-state index in [4.69, 9.17) is 10.5 Å². The summed E-state index contributed by atoms with van der Waals surface area (Å²) in [5.41, 5.74) is 6.53. The third-order valence-corrected chi connectivity index (χ3v) is 6.63. The number of benzene rings is 2. The van der Waals surface area contributed by atoms with Crippen LogP contribution in [0.5, 0.6) is 11.5 Å². The zero-order chi connectivity index (χ0) is 26.3. The minimum atomic E-state index is -0.854. The zero-order valence-corrected chi connectivity index (χ0v) is 20.3. The summed E-state index contributed by atoms with van der Waals surface area (Å²) < 4.78 is 20.6. The van der Waals surface area contributed by atoms with Crippen LogP contribution < -0.4 is 20.4 Å². The van der Waals surface area contributed by atoms with Gasteiger partial charge in [-0.05, 0) is 31.9 Å². The van der Waals surface area contributed by atoms with E-state index >= 15 is 4.39 Å². The SMILES string of the molecule is CC1=C(C(N)=O)C(=O)[N+](c2ccccc2)(c2ccc(Oc3ccnc(NC(=O)C4CC4)c3)c(F)c2)N1C. The van der Waals surface area contributed by atoms with Gasteiger partial charge in [0.05, 0.1) is 12.7 Å². The Morgan fingerprint density at radius 2 is 1.84 bits per heavy atom. The van der Waals surface area contributed by atoms with Crippen molar-refractivity contribution < 1.29 is 23.5 Å². The third kappa shape index (κ3) is 4.11. The smallest absolute Gasteiger partial charge is 0.388 e. The Kier molecular flexibility index (Phi) is 5.96. The van der Waals surface area contributed by atoms with Crippen molar-refractivity contribution in [1.82, 2.24) is 14.6 Å². The fourth-order valence-electron chi connectivity index (χ4n) is 4.51. The van der Waals surface area contributed by atoms with Gasteiger partial charge in [0, 0.05) is 42.4 Å². The van der Waals surface area contributed by atoms with Crippen LogP contribution >= 0.6 is 0 Å². The molecule has 2 aliphatic rings. The molecule has 2 aromatic carbocycles. The molecule has 5 rings (SSSR count). The van der Waals surface area contributed by atoms with Crippen LogP contribution in [0.2, 0.25) is 0 Å². The number of carbonyl (C=O) groups excluding carboxylic acids is 3. The summed E-state index contributed by atoms with van der Waals surface area (Å²) in [6.07, 6.45) is 3.17. The molecule has 1 aliphatic carbocycles. The van der Waals surface area contributed by atoms with Crippen LogP contribution in [0.1, 0.15) is 19.8 Å². The molecule has 10 heteroatoms. The van der Waals surface area contributed by atoms with Crippen molar-refractivity contribution in [2.75, 3.05) is 12.4 Å². The molecule has 0 saturated heterocycles. The largest absolute Gasteiger partial charge is 0.454 e. The predicted octanol–water partition coefficient (Wildman–Crippen LogP) is 4.15. The van der Waals surface area contributed by atoms with Crippen LogP contribution in [0, 0.1) is 11.7 Å². The number of carbonyl (C=O) groups is 3. The van der Waals surface area contributed by atoms with Crippen molar-refractivity contribution in [2.24, 2.45) is 11.7 Å². The molecule has 188 valence electrons. The molecule has 0 spiro atoms. The maximum absolute atomic E-state index is 15.5. The summed E-state index contributed by atoms with van der Waals surface area (Å²) in [7, 11) is 1.65. The molecule has 3 aromatic rings. The number of ether oxygens (including phenoxy) is 1. The number of rotatable bonds is 7. The lowest BCUT2D eigenvalue weighted by Gasteiger charge is -2.37. The van der Waals surface area contributed by atoms with Gasteiger partial charge < -0.3 is 15.8 Å². The molecule has 0 bridgehead atoms. The van der Waals surface area contributed by atoms with Crippen molar-refractivity contribution in [2.45, 2.75) is 19.8 Å². The summed E-state index contributed by atoms with van der Waals surface area (Å²) in [6, 6.07) is 16.0. The fourth-order valence-corrected chi connectivity index (χ4v) is 4.51. The number of aromatic nitrogens is 1. The summed E-state index contributed by atoms with van der Waals surface area (Å²) in [6.45, 7) is 1.62. The van der Waals surface area contributed by atoms with Crippen molar-refractivity contribution >= 4 is 34.9 Å². The highest BCUT2D eigenvalue weighted by molar-refractivity contribution is 6.24. The number of nitrogens with zero attached hydrogens (tertiary/aromatic N) is 3. The normalized spacial score (nSPS) is 19.2. The number of primary amides is 1. The van der Waals surface area contributed by atoms with E-state index in [0.29, 0.717) is 17.2 Å². The van der Waals surface area contributed by atoms with Crippen molar-refractivity contribution in [3.05, 3.63) is 83.9 Å². The number of allylic oxidation sites excluding steroid dienone is 1. The number of nitrogens with one attached hydrogen (secondary N) is 1. The Bertz CT molecular complexity index is 1450. The standard InChI is InChI=1S/C27H24FN5O4/c1-16-24(25(29)34)27(36)33(32(16)2,18-6-4-3-5-7-18)19-10-11-22(21(28)14-19)37-20-12-13-30-23(15-20)31-26(35)17-8-9-17/h3-7,10-15,17H,8-9H2,1-2H3,(H2-,29,30,31,34,35)/p+1. The number of amides is 3. The van der Waals surface area contributed by atoms with Gasteiger partial charge in [-0.25, -0.2) is 19.2 Å². The van der Waals surface area contributed by atoms with E-state index in [1.165, 1.54) is 24.4 Å². The van der Waals surface area contributed by atoms with Gasteiger partial charge in [0.15, 0.2) is 28.5 Å². The van der Waals surface area contributed by atoms with Gasteiger partial charge >= 0.3 is 5.91 Å². The molecule has 9 nitrogen and oxygen atoms in total. The molecule has 2 heterocycles. The quantitative estimate of drug-likeness (QED) is 0.371. The average molecular weight is 503 g/mol. The molecular weight excluding hydrogens is 477 g/mol. The van der Waals surface area contributed by atoms with Crippen molar-refractivity contribution in [3.8, 4) is 11.5 Å². The Morgan fingerprint density at radius 1 is 1.11 bits per heavy atom. The Morgan fingerprint density at radius 3 is 2.46 bits per heavy atom. The fraction of sp³-hybridized carbons (Fsp3) is 0.185. The van der Waals surface area contributed by atoms with Crippen LogP contribution in [0.25, 0.3) is 0 Å². The van der Waals surface area contributed by atoms with Crippen molar-refractivity contribution in [1.29, 1.82) is 0 Å². The highest BCUT2D eigenvalue weighted by Crippen LogP contribution is 2.45. The first kappa shape index (κ1) is 24.1. The highest BCUT2D eigenvalue weighted by atomic mass is 19.1. The summed E-state index contributed by atoms with van der Waals surface area (Å²) >= 11 is 0. The van der Waals surface area contributed by atoms with E-state index < -0.39 is 22.2 Å². The summed E-state index contributed by atoms with van der Waals surface area (Å²) in [5, 5.41) is 4.32. The predicted molar refractivity (Wildman–Crippen MR) is 135 cm³/mol. The first-order valence-electron chi connectivity index (χ1n) is 11.7. The first-order chi connectivity index (χ1) is 17.7. The van der Waals surface area contributed by atoms with Crippen LogP contribution in [0.3, 0.4) is 0 Å². The minimum absolute atomic E-state index is 0.0102. The van der Waals surface area contributed by atoms with Crippen LogP contribution in [-0.4, -0.2) is 34.8 Å². The Balaban J connectivity index is 1.50. The third-order valence-electron chi connectivity index (χ3n) is 6.63. The van der Waals surface area contributed by atoms with Gasteiger partial charge in [0.2, 0.25) is 5.91 Å². The van der Waals surface area contributed by atoms with Crippen LogP contribution in [0.4, 0.5) is 21.6 Å². The highest BCUT2D eigenvalue weighted by Gasteiger charge is 2.56. The number of pyridine rings is 1. The number of quaternary nitrogens is 1. The lowest BCUT2D eigenvalue weighted by atomic mass is 10.1. The van der Waals surface area contributed by atoms with E-state index in [0.717, 1.165) is 12.8 Å².